The summed E-state index contributed by atoms with van der Waals surface area (Å²) in [6.45, 7) is 6.79. The zero-order valence-corrected chi connectivity index (χ0v) is 11.7. The van der Waals surface area contributed by atoms with Gasteiger partial charge in [-0.2, -0.15) is 0 Å². The Morgan fingerprint density at radius 2 is 1.94 bits per heavy atom. The van der Waals surface area contributed by atoms with E-state index in [1.807, 2.05) is 6.92 Å². The third-order valence-electron chi connectivity index (χ3n) is 6.24. The van der Waals surface area contributed by atoms with Gasteiger partial charge in [0.05, 0.1) is 12.2 Å². The van der Waals surface area contributed by atoms with Gasteiger partial charge in [0.2, 0.25) is 0 Å². The maximum atomic E-state index is 12.6. The second-order valence-electron chi connectivity index (χ2n) is 7.08. The van der Waals surface area contributed by atoms with Crippen LogP contribution in [0.5, 0.6) is 0 Å². The highest BCUT2D eigenvalue weighted by molar-refractivity contribution is 5.92. The van der Waals surface area contributed by atoms with Gasteiger partial charge in [-0.1, -0.05) is 20.3 Å². The fourth-order valence-corrected chi connectivity index (χ4v) is 4.50. The molecule has 5 atom stereocenters. The molecule has 1 N–H and O–H groups in total. The molecule has 0 radical (unpaired) electrons. The van der Waals surface area contributed by atoms with E-state index in [-0.39, 0.29) is 17.1 Å². The minimum absolute atomic E-state index is 0.0229. The summed E-state index contributed by atoms with van der Waals surface area (Å²) in [6, 6.07) is 0. The van der Waals surface area contributed by atoms with Crippen molar-refractivity contribution in [3.63, 3.8) is 0 Å². The Kier molecular flexibility index (Phi) is 2.50. The number of rotatable bonds is 2. The van der Waals surface area contributed by atoms with Crippen molar-refractivity contribution < 1.29 is 14.6 Å². The number of fused-ring (bicyclic) bond motifs is 1. The predicted octanol–water partition coefficient (Wildman–Crippen LogP) is 2.31. The van der Waals surface area contributed by atoms with Gasteiger partial charge >= 0.3 is 0 Å². The summed E-state index contributed by atoms with van der Waals surface area (Å²) < 4.78 is 5.33. The number of aliphatic hydroxyl groups is 1. The molecule has 3 nitrogen and oxygen atoms in total. The molecule has 3 fully saturated rings. The van der Waals surface area contributed by atoms with Crippen LogP contribution in [0.4, 0.5) is 0 Å². The van der Waals surface area contributed by atoms with Crippen molar-refractivity contribution in [3.8, 4) is 0 Å². The number of ketones is 1. The van der Waals surface area contributed by atoms with Gasteiger partial charge in [0.25, 0.3) is 0 Å². The van der Waals surface area contributed by atoms with Crippen LogP contribution < -0.4 is 0 Å². The molecule has 0 aromatic heterocycles. The van der Waals surface area contributed by atoms with E-state index < -0.39 is 11.2 Å². The summed E-state index contributed by atoms with van der Waals surface area (Å²) in [6.07, 6.45) is 4.67. The predicted molar refractivity (Wildman–Crippen MR) is 68.2 cm³/mol. The lowest BCUT2D eigenvalue weighted by molar-refractivity contribution is -0.151. The minimum atomic E-state index is -0.629. The molecule has 1 saturated heterocycles. The van der Waals surface area contributed by atoms with E-state index in [9.17, 15) is 9.90 Å². The van der Waals surface area contributed by atoms with Crippen molar-refractivity contribution in [2.75, 3.05) is 6.61 Å². The lowest BCUT2D eigenvalue weighted by Crippen LogP contribution is -2.54. The molecule has 1 heterocycles. The van der Waals surface area contributed by atoms with E-state index in [1.165, 1.54) is 0 Å². The molecule has 0 unspecified atom stereocenters. The topological polar surface area (TPSA) is 49.8 Å². The quantitative estimate of drug-likeness (QED) is 0.767. The van der Waals surface area contributed by atoms with E-state index >= 15 is 0 Å². The highest BCUT2D eigenvalue weighted by Gasteiger charge is 2.65. The van der Waals surface area contributed by atoms with Crippen molar-refractivity contribution in [1.82, 2.24) is 0 Å². The van der Waals surface area contributed by atoms with Crippen LogP contribution in [0.15, 0.2) is 0 Å². The Bertz CT molecular complexity index is 387. The Hall–Kier alpha value is -0.410. The third kappa shape index (κ3) is 1.41. The number of epoxide rings is 1. The fraction of sp³-hybridized carbons (Fsp3) is 0.933. The van der Waals surface area contributed by atoms with E-state index in [1.54, 1.807) is 0 Å². The number of hydrogen-bond acceptors (Lipinski definition) is 3. The van der Waals surface area contributed by atoms with E-state index in [2.05, 4.69) is 13.8 Å². The molecular formula is C15H24O3. The summed E-state index contributed by atoms with van der Waals surface area (Å²) in [5.74, 6) is 0.620. The van der Waals surface area contributed by atoms with Gasteiger partial charge in [-0.25, -0.2) is 0 Å². The summed E-state index contributed by atoms with van der Waals surface area (Å²) in [7, 11) is 0. The summed E-state index contributed by atoms with van der Waals surface area (Å²) >= 11 is 0. The molecule has 102 valence electrons. The third-order valence-corrected chi connectivity index (χ3v) is 6.24. The van der Waals surface area contributed by atoms with Crippen LogP contribution in [-0.4, -0.2) is 28.7 Å². The van der Waals surface area contributed by atoms with E-state index in [0.29, 0.717) is 12.5 Å². The fourth-order valence-electron chi connectivity index (χ4n) is 4.50. The lowest BCUT2D eigenvalue weighted by Gasteiger charge is -2.50. The van der Waals surface area contributed by atoms with Gasteiger partial charge in [-0.05, 0) is 38.5 Å². The number of Topliss-reactive ketones (excluding diaryl/α,β-unsaturated/α-hetero) is 1. The van der Waals surface area contributed by atoms with Crippen LogP contribution in [-0.2, 0) is 9.53 Å². The summed E-state index contributed by atoms with van der Waals surface area (Å²) in [5.41, 5.74) is -1.43. The summed E-state index contributed by atoms with van der Waals surface area (Å²) in [5, 5.41) is 11.0. The standard InChI is InChI=1S/C15H24O3/c1-10-5-4-7-15(17)8-6-11(14(10,15)3)12(16)13(2)9-18-13/h10-11,17H,4-9H2,1-3H3/t10-,11+,13-,14-,15+/m1/s1. The van der Waals surface area contributed by atoms with Gasteiger partial charge in [0, 0.05) is 11.3 Å². The van der Waals surface area contributed by atoms with Crippen LogP contribution in [0.25, 0.3) is 0 Å². The second kappa shape index (κ2) is 3.57. The maximum Gasteiger partial charge on any atom is 0.170 e. The molecule has 3 heteroatoms. The monoisotopic (exact) mass is 252 g/mol. The average molecular weight is 252 g/mol. The molecule has 2 aliphatic carbocycles. The molecule has 0 aromatic rings. The number of carbonyl (C=O) groups excluding carboxylic acids is 1. The molecule has 0 bridgehead atoms. The first kappa shape index (κ1) is 12.6. The summed E-state index contributed by atoms with van der Waals surface area (Å²) in [4.78, 5) is 12.6. The molecule has 3 aliphatic rings. The molecule has 2 saturated carbocycles. The van der Waals surface area contributed by atoms with Crippen LogP contribution in [0.3, 0.4) is 0 Å². The zero-order chi connectivity index (χ0) is 13.2. The maximum absolute atomic E-state index is 12.6. The zero-order valence-electron chi connectivity index (χ0n) is 11.7. The van der Waals surface area contributed by atoms with Crippen molar-refractivity contribution in [1.29, 1.82) is 0 Å². The van der Waals surface area contributed by atoms with Crippen LogP contribution in [0.2, 0.25) is 0 Å². The Morgan fingerprint density at radius 1 is 1.28 bits per heavy atom. The number of carbonyl (C=O) groups is 1. The van der Waals surface area contributed by atoms with Crippen LogP contribution in [0.1, 0.15) is 52.9 Å². The van der Waals surface area contributed by atoms with Crippen molar-refractivity contribution in [3.05, 3.63) is 0 Å². The van der Waals surface area contributed by atoms with Crippen LogP contribution >= 0.6 is 0 Å². The smallest absolute Gasteiger partial charge is 0.170 e. The molecule has 0 amide bonds. The molecule has 3 rings (SSSR count). The number of hydrogen-bond donors (Lipinski definition) is 1. The highest BCUT2D eigenvalue weighted by Crippen LogP contribution is 2.61. The first-order valence-corrected chi connectivity index (χ1v) is 7.24. The normalized spacial score (nSPS) is 55.1. The Balaban J connectivity index is 1.95. The molecule has 1 aliphatic heterocycles. The van der Waals surface area contributed by atoms with Gasteiger partial charge in [0.15, 0.2) is 5.78 Å². The molecule has 0 aromatic carbocycles. The first-order chi connectivity index (χ1) is 8.33. The highest BCUT2D eigenvalue weighted by atomic mass is 16.6. The van der Waals surface area contributed by atoms with E-state index in [0.717, 1.165) is 32.1 Å². The van der Waals surface area contributed by atoms with Crippen molar-refractivity contribution >= 4 is 5.78 Å². The lowest BCUT2D eigenvalue weighted by atomic mass is 9.56. The minimum Gasteiger partial charge on any atom is -0.389 e. The molecule has 0 spiro atoms. The van der Waals surface area contributed by atoms with Crippen molar-refractivity contribution in [2.24, 2.45) is 17.3 Å². The Labute approximate surface area is 109 Å². The molecular weight excluding hydrogens is 228 g/mol. The first-order valence-electron chi connectivity index (χ1n) is 7.24. The van der Waals surface area contributed by atoms with E-state index in [4.69, 9.17) is 4.74 Å². The van der Waals surface area contributed by atoms with Gasteiger partial charge in [-0.3, -0.25) is 4.79 Å². The van der Waals surface area contributed by atoms with Gasteiger partial charge in [0.1, 0.15) is 5.60 Å². The van der Waals surface area contributed by atoms with Crippen molar-refractivity contribution in [2.45, 2.75) is 64.1 Å². The largest absolute Gasteiger partial charge is 0.389 e. The second-order valence-corrected chi connectivity index (χ2v) is 7.08. The average Bonchev–Trinajstić information content (AvgIpc) is 2.99. The SMILES string of the molecule is C[C@@H]1CCC[C@]2(O)CC[C@@H](C(=O)[C@@]3(C)CO3)[C@@]12C. The number of ether oxygens (including phenoxy) is 1. The Morgan fingerprint density at radius 3 is 2.56 bits per heavy atom. The van der Waals surface area contributed by atoms with Gasteiger partial charge in [-0.15, -0.1) is 0 Å². The van der Waals surface area contributed by atoms with Gasteiger partial charge < -0.3 is 9.84 Å². The molecule has 18 heavy (non-hydrogen) atoms. The van der Waals surface area contributed by atoms with Crippen LogP contribution in [0, 0.1) is 17.3 Å².